The molecule has 9 heteroatoms. The van der Waals surface area contributed by atoms with Crippen LogP contribution in [0.3, 0.4) is 0 Å². The topological polar surface area (TPSA) is 36.9 Å². The Morgan fingerprint density at radius 1 is 1.43 bits per heavy atom. The zero-order valence-corrected chi connectivity index (χ0v) is 15.1. The molecule has 2 saturated heterocycles. The molecule has 2 aliphatic rings. The fourth-order valence-electron chi connectivity index (χ4n) is 2.75. The van der Waals surface area contributed by atoms with Crippen molar-refractivity contribution in [1.29, 1.82) is 0 Å². The first kappa shape index (κ1) is 19.1. The van der Waals surface area contributed by atoms with Gasteiger partial charge in [0.1, 0.15) is 0 Å². The second-order valence-electron chi connectivity index (χ2n) is 5.24. The van der Waals surface area contributed by atoms with E-state index in [-0.39, 0.29) is 53.5 Å². The van der Waals surface area contributed by atoms with Gasteiger partial charge in [0.2, 0.25) is 0 Å². The number of nitrogens with one attached hydrogen (secondary N) is 1. The Balaban J connectivity index is 0.00000220. The summed E-state index contributed by atoms with van der Waals surface area (Å²) in [7, 11) is 1.66. The van der Waals surface area contributed by atoms with Gasteiger partial charge in [0.05, 0.1) is 6.61 Å². The van der Waals surface area contributed by atoms with E-state index in [9.17, 15) is 13.2 Å². The van der Waals surface area contributed by atoms with Crippen molar-refractivity contribution in [1.82, 2.24) is 10.2 Å². The summed E-state index contributed by atoms with van der Waals surface area (Å²) in [5.41, 5.74) is -3.94. The van der Waals surface area contributed by atoms with Gasteiger partial charge >= 0.3 is 5.51 Å². The van der Waals surface area contributed by atoms with Gasteiger partial charge in [-0.25, -0.2) is 0 Å². The largest absolute Gasteiger partial charge is 0.441 e. The average molecular weight is 439 g/mol. The third kappa shape index (κ3) is 5.66. The fourth-order valence-corrected chi connectivity index (χ4v) is 3.18. The van der Waals surface area contributed by atoms with E-state index in [0.717, 1.165) is 39.1 Å². The molecule has 0 amide bonds. The summed E-state index contributed by atoms with van der Waals surface area (Å²) in [6.07, 6.45) is 2.12. The van der Waals surface area contributed by atoms with Gasteiger partial charge < -0.3 is 15.0 Å². The lowest BCUT2D eigenvalue weighted by Crippen LogP contribution is -2.42. The van der Waals surface area contributed by atoms with E-state index in [0.29, 0.717) is 5.96 Å². The Labute approximate surface area is 144 Å². The number of ether oxygens (including phenoxy) is 1. The lowest BCUT2D eigenvalue weighted by molar-refractivity contribution is -0.0327. The van der Waals surface area contributed by atoms with Crippen molar-refractivity contribution in [2.75, 3.05) is 45.6 Å². The molecule has 0 saturated carbocycles. The molecule has 21 heavy (non-hydrogen) atoms. The summed E-state index contributed by atoms with van der Waals surface area (Å²) >= 11 is -0.00863. The number of alkyl halides is 3. The molecule has 2 rings (SSSR count). The first-order chi connectivity index (χ1) is 9.44. The van der Waals surface area contributed by atoms with Crippen LogP contribution < -0.4 is 5.32 Å². The van der Waals surface area contributed by atoms with Gasteiger partial charge in [-0.2, -0.15) is 13.2 Å². The van der Waals surface area contributed by atoms with Crippen LogP contribution in [-0.4, -0.2) is 62.0 Å². The maximum Gasteiger partial charge on any atom is 0.441 e. The van der Waals surface area contributed by atoms with Gasteiger partial charge in [-0.3, -0.25) is 4.99 Å². The Morgan fingerprint density at radius 2 is 2.19 bits per heavy atom. The van der Waals surface area contributed by atoms with Gasteiger partial charge in [-0.15, -0.1) is 24.0 Å². The van der Waals surface area contributed by atoms with E-state index >= 15 is 0 Å². The van der Waals surface area contributed by atoms with Crippen LogP contribution in [0.2, 0.25) is 0 Å². The summed E-state index contributed by atoms with van der Waals surface area (Å²) < 4.78 is 41.6. The molecule has 0 aromatic rings. The molecule has 2 heterocycles. The zero-order valence-electron chi connectivity index (χ0n) is 11.9. The number of guanidine groups is 1. The molecule has 0 aliphatic carbocycles. The van der Waals surface area contributed by atoms with Crippen molar-refractivity contribution in [2.45, 2.75) is 18.3 Å². The van der Waals surface area contributed by atoms with Crippen molar-refractivity contribution in [3.8, 4) is 0 Å². The van der Waals surface area contributed by atoms with Gasteiger partial charge in [0, 0.05) is 44.5 Å². The molecule has 4 nitrogen and oxygen atoms in total. The van der Waals surface area contributed by atoms with Gasteiger partial charge in [0.25, 0.3) is 0 Å². The van der Waals surface area contributed by atoms with Crippen LogP contribution in [0, 0.1) is 5.41 Å². The van der Waals surface area contributed by atoms with E-state index in [2.05, 4.69) is 15.2 Å². The molecule has 2 aliphatic heterocycles. The maximum atomic E-state index is 12.0. The monoisotopic (exact) mass is 439 g/mol. The van der Waals surface area contributed by atoms with Crippen LogP contribution in [0.5, 0.6) is 0 Å². The molecule has 0 aromatic heterocycles. The third-order valence-corrected chi connectivity index (χ3v) is 4.52. The molecule has 1 spiro atoms. The molecule has 1 atom stereocenters. The highest BCUT2D eigenvalue weighted by Crippen LogP contribution is 2.38. The quantitative estimate of drug-likeness (QED) is 0.318. The average Bonchev–Trinajstić information content (AvgIpc) is 2.99. The van der Waals surface area contributed by atoms with Crippen LogP contribution in [0.4, 0.5) is 13.2 Å². The lowest BCUT2D eigenvalue weighted by Gasteiger charge is -2.24. The minimum absolute atomic E-state index is 0. The van der Waals surface area contributed by atoms with Crippen LogP contribution in [0.15, 0.2) is 4.99 Å². The number of halogens is 4. The van der Waals surface area contributed by atoms with Crippen molar-refractivity contribution in [3.05, 3.63) is 0 Å². The van der Waals surface area contributed by atoms with Crippen LogP contribution in [0.1, 0.15) is 12.8 Å². The molecule has 124 valence electrons. The SMILES string of the molecule is CN=C(NCCSC(F)(F)F)N1CCC2(CCOC2)C1.I. The van der Waals surface area contributed by atoms with Crippen molar-refractivity contribution in [2.24, 2.45) is 10.4 Å². The number of likely N-dealkylation sites (tertiary alicyclic amines) is 1. The number of thioether (sulfide) groups is 1. The van der Waals surface area contributed by atoms with Crippen LogP contribution in [-0.2, 0) is 4.74 Å². The summed E-state index contributed by atoms with van der Waals surface area (Å²) in [4.78, 5) is 6.28. The van der Waals surface area contributed by atoms with Crippen molar-refractivity contribution >= 4 is 41.7 Å². The summed E-state index contributed by atoms with van der Waals surface area (Å²) in [6, 6.07) is 0. The summed E-state index contributed by atoms with van der Waals surface area (Å²) in [5, 5.41) is 3.00. The first-order valence-corrected chi connectivity index (χ1v) is 7.67. The number of rotatable bonds is 3. The summed E-state index contributed by atoms with van der Waals surface area (Å²) in [6.45, 7) is 3.61. The van der Waals surface area contributed by atoms with Crippen molar-refractivity contribution < 1.29 is 17.9 Å². The van der Waals surface area contributed by atoms with Gasteiger partial charge in [0.15, 0.2) is 5.96 Å². The van der Waals surface area contributed by atoms with E-state index in [1.807, 2.05) is 0 Å². The normalized spacial score (nSPS) is 26.3. The van der Waals surface area contributed by atoms with Crippen LogP contribution >= 0.6 is 35.7 Å². The number of aliphatic imine (C=N–C) groups is 1. The molecular formula is C12H21F3IN3OS. The predicted octanol–water partition coefficient (Wildman–Crippen LogP) is 2.55. The van der Waals surface area contributed by atoms with E-state index in [1.54, 1.807) is 7.05 Å². The second kappa shape index (κ2) is 8.09. The minimum Gasteiger partial charge on any atom is -0.381 e. The Hall–Kier alpha value is 0.1000. The molecule has 1 unspecified atom stereocenters. The highest BCUT2D eigenvalue weighted by atomic mass is 127. The van der Waals surface area contributed by atoms with Gasteiger partial charge in [-0.05, 0) is 24.6 Å². The maximum absolute atomic E-state index is 12.0. The van der Waals surface area contributed by atoms with Crippen molar-refractivity contribution in [3.63, 3.8) is 0 Å². The van der Waals surface area contributed by atoms with Gasteiger partial charge in [-0.1, -0.05) is 0 Å². The van der Waals surface area contributed by atoms with E-state index < -0.39 is 5.51 Å². The van der Waals surface area contributed by atoms with Crippen LogP contribution in [0.25, 0.3) is 0 Å². The third-order valence-electron chi connectivity index (χ3n) is 3.79. The predicted molar refractivity (Wildman–Crippen MR) is 89.3 cm³/mol. The number of nitrogens with zero attached hydrogens (tertiary/aromatic N) is 2. The molecule has 2 fully saturated rings. The Morgan fingerprint density at radius 3 is 2.76 bits per heavy atom. The second-order valence-corrected chi connectivity index (χ2v) is 6.40. The Kier molecular flexibility index (Phi) is 7.38. The minimum atomic E-state index is -4.16. The van der Waals surface area contributed by atoms with E-state index in [4.69, 9.17) is 4.74 Å². The lowest BCUT2D eigenvalue weighted by atomic mass is 9.87. The number of hydrogen-bond donors (Lipinski definition) is 1. The standard InChI is InChI=1S/C12H20F3N3OS.HI/c1-16-10(17-4-7-20-12(13,14)15)18-5-2-11(8-18)3-6-19-9-11;/h2-9H2,1H3,(H,16,17);1H. The summed E-state index contributed by atoms with van der Waals surface area (Å²) in [5.74, 6) is 0.682. The smallest absolute Gasteiger partial charge is 0.381 e. The fraction of sp³-hybridized carbons (Fsp3) is 0.917. The molecule has 0 radical (unpaired) electrons. The Bertz CT molecular complexity index is 362. The highest BCUT2D eigenvalue weighted by Gasteiger charge is 2.42. The number of hydrogen-bond acceptors (Lipinski definition) is 3. The molecule has 0 aromatic carbocycles. The molecule has 0 bridgehead atoms. The first-order valence-electron chi connectivity index (χ1n) is 6.68. The van der Waals surface area contributed by atoms with E-state index in [1.165, 1.54) is 0 Å². The zero-order chi connectivity index (χ0) is 14.6. The molecular weight excluding hydrogens is 418 g/mol. The highest BCUT2D eigenvalue weighted by molar-refractivity contribution is 14.0. The molecule has 1 N–H and O–H groups in total.